The molecule has 2 N–H and O–H groups in total. The quantitative estimate of drug-likeness (QED) is 0.223. The number of aliphatic hydroxyl groups excluding tert-OH is 1. The van der Waals surface area contributed by atoms with Gasteiger partial charge in [0.25, 0.3) is 11.8 Å². The van der Waals surface area contributed by atoms with Gasteiger partial charge in [0.15, 0.2) is 0 Å². The fourth-order valence-electron chi connectivity index (χ4n) is 3.58. The summed E-state index contributed by atoms with van der Waals surface area (Å²) >= 11 is 6.22. The number of benzene rings is 2. The lowest BCUT2D eigenvalue weighted by molar-refractivity contribution is 0.0310. The molecular formula is C31H48Cl2N2O7. The number of imide groups is 1. The highest BCUT2D eigenvalue weighted by Crippen LogP contribution is 2.33. The number of alkyl carbamates (subject to hydrolysis) is 1. The maximum atomic E-state index is 12.8. The van der Waals surface area contributed by atoms with Crippen molar-refractivity contribution in [1.82, 2.24) is 10.2 Å². The third-order valence-corrected chi connectivity index (χ3v) is 6.24. The average molecular weight is 632 g/mol. The van der Waals surface area contributed by atoms with Crippen molar-refractivity contribution in [2.24, 2.45) is 0 Å². The number of carbonyl (C=O) groups excluding carboxylic acids is 3. The minimum atomic E-state index is -0.544. The Bertz CT molecular complexity index is 1090. The molecule has 1 fully saturated rings. The molecular weight excluding hydrogens is 583 g/mol. The van der Waals surface area contributed by atoms with Crippen molar-refractivity contribution >= 4 is 52.7 Å². The highest BCUT2D eigenvalue weighted by Gasteiger charge is 2.32. The van der Waals surface area contributed by atoms with Gasteiger partial charge in [0, 0.05) is 40.1 Å². The Morgan fingerprint density at radius 1 is 0.952 bits per heavy atom. The highest BCUT2D eigenvalue weighted by atomic mass is 35.5. The van der Waals surface area contributed by atoms with Crippen molar-refractivity contribution in [3.63, 3.8) is 0 Å². The second kappa shape index (κ2) is 20.5. The van der Waals surface area contributed by atoms with E-state index in [4.69, 9.17) is 30.9 Å². The fraction of sp³-hybridized carbons (Fsp3) is 0.581. The van der Waals surface area contributed by atoms with Crippen LogP contribution in [0.1, 0.15) is 87.9 Å². The minimum Gasteiger partial charge on any atom is -0.444 e. The van der Waals surface area contributed by atoms with E-state index in [0.29, 0.717) is 59.9 Å². The number of hydrogen-bond acceptors (Lipinski definition) is 7. The zero-order valence-corrected chi connectivity index (χ0v) is 26.1. The first kappa shape index (κ1) is 39.6. The predicted octanol–water partition coefficient (Wildman–Crippen LogP) is 6.65. The molecule has 0 unspecified atom stereocenters. The van der Waals surface area contributed by atoms with Crippen molar-refractivity contribution in [1.29, 1.82) is 0 Å². The molecule has 1 saturated carbocycles. The van der Waals surface area contributed by atoms with Crippen LogP contribution in [0.5, 0.6) is 0 Å². The van der Waals surface area contributed by atoms with Gasteiger partial charge in [-0.3, -0.25) is 14.5 Å². The molecule has 0 bridgehead atoms. The number of carbonyl (C=O) groups is 3. The van der Waals surface area contributed by atoms with Gasteiger partial charge in [-0.2, -0.15) is 0 Å². The van der Waals surface area contributed by atoms with Crippen LogP contribution in [0.15, 0.2) is 30.3 Å². The molecule has 1 aliphatic carbocycles. The van der Waals surface area contributed by atoms with Gasteiger partial charge in [-0.1, -0.05) is 63.8 Å². The van der Waals surface area contributed by atoms with Crippen LogP contribution >= 0.6 is 24.0 Å². The van der Waals surface area contributed by atoms with Crippen molar-refractivity contribution in [3.8, 4) is 0 Å². The number of amides is 3. The topological polar surface area (TPSA) is 114 Å². The number of halogens is 2. The van der Waals surface area contributed by atoms with Crippen LogP contribution in [-0.2, 0) is 14.2 Å². The Balaban J connectivity index is 0.00000147. The molecule has 11 heteroatoms. The number of nitrogens with zero attached hydrogens (tertiary/aromatic N) is 1. The number of ether oxygens (including phenoxy) is 3. The summed E-state index contributed by atoms with van der Waals surface area (Å²) in [6.07, 6.45) is 6.38. The minimum absolute atomic E-state index is 0. The molecule has 0 saturated heterocycles. The molecule has 0 spiro atoms. The molecule has 0 radical (unpaired) electrons. The lowest BCUT2D eigenvalue weighted by Crippen LogP contribution is -2.42. The third kappa shape index (κ3) is 12.8. The Morgan fingerprint density at radius 2 is 1.50 bits per heavy atom. The molecule has 1 aliphatic heterocycles. The second-order valence-electron chi connectivity index (χ2n) is 10.4. The van der Waals surface area contributed by atoms with E-state index in [1.165, 1.54) is 30.6 Å². The molecule has 1 heterocycles. The second-order valence-corrected chi connectivity index (χ2v) is 10.8. The van der Waals surface area contributed by atoms with Gasteiger partial charge in [-0.25, -0.2) is 4.79 Å². The summed E-state index contributed by atoms with van der Waals surface area (Å²) in [7, 11) is 0. The molecule has 0 atom stereocenters. The van der Waals surface area contributed by atoms with E-state index in [-0.39, 0.29) is 44.8 Å². The summed E-state index contributed by atoms with van der Waals surface area (Å²) in [6, 6.07) is 8.57. The van der Waals surface area contributed by atoms with Crippen LogP contribution in [0.25, 0.3) is 10.8 Å². The van der Waals surface area contributed by atoms with Crippen LogP contribution in [0.2, 0.25) is 5.02 Å². The fourth-order valence-corrected chi connectivity index (χ4v) is 3.80. The average Bonchev–Trinajstić information content (AvgIpc) is 2.87. The zero-order chi connectivity index (χ0) is 29.5. The predicted molar refractivity (Wildman–Crippen MR) is 170 cm³/mol. The van der Waals surface area contributed by atoms with E-state index in [1.54, 1.807) is 51.1 Å². The standard InChI is InChI=1S/C23H27ClN2O6.C4H8.C3H8O.CH4.ClH/c1-23(2,3)32-22(29)25-9-11-30-13-14-31-12-10-26-20(27)16-6-4-5-15-18(24)8-7-17(19(15)16)21(26)28;1-2-4-3-1;1-2-3-4;;/h4-8H,9-14H2,1-3H3,(H,25,29);1-4H2;4H,2-3H2,1H3;1H4;1H. The van der Waals surface area contributed by atoms with Gasteiger partial charge in [-0.05, 0) is 45.4 Å². The Labute approximate surface area is 261 Å². The molecule has 2 aliphatic rings. The first-order valence-corrected chi connectivity index (χ1v) is 14.3. The summed E-state index contributed by atoms with van der Waals surface area (Å²) in [6.45, 7) is 9.20. The maximum absolute atomic E-state index is 12.8. The largest absolute Gasteiger partial charge is 0.444 e. The van der Waals surface area contributed by atoms with Gasteiger partial charge in [0.2, 0.25) is 0 Å². The first-order valence-electron chi connectivity index (χ1n) is 13.9. The Hall–Kier alpha value is -2.43. The molecule has 42 heavy (non-hydrogen) atoms. The summed E-state index contributed by atoms with van der Waals surface area (Å²) in [5, 5.41) is 12.3. The van der Waals surface area contributed by atoms with Crippen LogP contribution in [0, 0.1) is 0 Å². The van der Waals surface area contributed by atoms with Crippen molar-refractivity contribution in [2.45, 2.75) is 72.8 Å². The highest BCUT2D eigenvalue weighted by molar-refractivity contribution is 6.38. The van der Waals surface area contributed by atoms with Crippen molar-refractivity contribution < 1.29 is 33.7 Å². The lowest BCUT2D eigenvalue weighted by atomic mass is 9.94. The van der Waals surface area contributed by atoms with E-state index >= 15 is 0 Å². The number of hydrogen-bond donors (Lipinski definition) is 2. The summed E-state index contributed by atoms with van der Waals surface area (Å²) in [5.74, 6) is -0.716. The Morgan fingerprint density at radius 3 is 2.02 bits per heavy atom. The molecule has 2 aromatic carbocycles. The molecule has 3 amide bonds. The van der Waals surface area contributed by atoms with E-state index in [9.17, 15) is 14.4 Å². The number of nitrogens with one attached hydrogen (secondary N) is 1. The maximum Gasteiger partial charge on any atom is 0.407 e. The number of rotatable bonds is 10. The van der Waals surface area contributed by atoms with E-state index in [2.05, 4.69) is 5.32 Å². The smallest absolute Gasteiger partial charge is 0.407 e. The van der Waals surface area contributed by atoms with Gasteiger partial charge in [-0.15, -0.1) is 12.4 Å². The van der Waals surface area contributed by atoms with Crippen molar-refractivity contribution in [2.75, 3.05) is 46.1 Å². The zero-order valence-electron chi connectivity index (χ0n) is 24.5. The van der Waals surface area contributed by atoms with Gasteiger partial charge >= 0.3 is 6.09 Å². The van der Waals surface area contributed by atoms with Crippen LogP contribution in [0.3, 0.4) is 0 Å². The SMILES string of the molecule is C.C1CCC1.CC(C)(C)OC(=O)NCCOCCOCCN1C(=O)c2cccc3c(Cl)ccc(c23)C1=O.CCCO.Cl. The first-order chi connectivity index (χ1) is 19.1. The molecule has 2 aromatic rings. The van der Waals surface area contributed by atoms with Crippen LogP contribution in [-0.4, -0.2) is 79.6 Å². The normalized spacial score (nSPS) is 13.3. The van der Waals surface area contributed by atoms with E-state index < -0.39 is 11.7 Å². The summed E-state index contributed by atoms with van der Waals surface area (Å²) in [4.78, 5) is 38.4. The van der Waals surface area contributed by atoms with Crippen LogP contribution in [0.4, 0.5) is 4.79 Å². The van der Waals surface area contributed by atoms with Gasteiger partial charge in [0.05, 0.1) is 33.0 Å². The van der Waals surface area contributed by atoms with Crippen LogP contribution < -0.4 is 5.32 Å². The lowest BCUT2D eigenvalue weighted by Gasteiger charge is -2.27. The molecule has 238 valence electrons. The number of aliphatic hydroxyl groups is 1. The van der Waals surface area contributed by atoms with E-state index in [0.717, 1.165) is 6.42 Å². The summed E-state index contributed by atoms with van der Waals surface area (Å²) in [5.41, 5.74) is 0.373. The van der Waals surface area contributed by atoms with Gasteiger partial charge in [0.1, 0.15) is 5.60 Å². The molecule has 4 rings (SSSR count). The third-order valence-electron chi connectivity index (χ3n) is 5.91. The summed E-state index contributed by atoms with van der Waals surface area (Å²) < 4.78 is 16.0. The Kier molecular flexibility index (Phi) is 19.3. The van der Waals surface area contributed by atoms with E-state index in [1.807, 2.05) is 6.92 Å². The monoisotopic (exact) mass is 630 g/mol. The molecule has 0 aromatic heterocycles. The van der Waals surface area contributed by atoms with Crippen molar-refractivity contribution in [3.05, 3.63) is 46.5 Å². The molecule has 9 nitrogen and oxygen atoms in total. The van der Waals surface area contributed by atoms with Gasteiger partial charge < -0.3 is 24.6 Å².